The molecule has 0 saturated carbocycles. The Morgan fingerprint density at radius 2 is 2.20 bits per heavy atom. The Kier molecular flexibility index (Phi) is 3.15. The molecule has 108 valence electrons. The number of nitrogens with zero attached hydrogens (tertiary/aromatic N) is 6. The lowest BCUT2D eigenvalue weighted by molar-refractivity contribution is -0.756. The summed E-state index contributed by atoms with van der Waals surface area (Å²) in [5.74, 6) is -5.08. The van der Waals surface area contributed by atoms with E-state index in [4.69, 9.17) is 0 Å². The van der Waals surface area contributed by atoms with Crippen molar-refractivity contribution in [1.82, 2.24) is 21.0 Å². The van der Waals surface area contributed by atoms with Crippen LogP contribution >= 0.6 is 0 Å². The van der Waals surface area contributed by atoms with Gasteiger partial charge in [0.15, 0.2) is 16.0 Å². The quantitative estimate of drug-likeness (QED) is 0.433. The first-order valence-corrected chi connectivity index (χ1v) is 5.01. The molecule has 0 amide bonds. The van der Waals surface area contributed by atoms with Crippen molar-refractivity contribution in [2.24, 2.45) is 4.99 Å². The maximum absolute atomic E-state index is 15.0. The highest BCUT2D eigenvalue weighted by Crippen LogP contribution is 2.38. The van der Waals surface area contributed by atoms with Crippen molar-refractivity contribution in [3.63, 3.8) is 0 Å². The van der Waals surface area contributed by atoms with Crippen LogP contribution in [-0.2, 0) is 10.7 Å². The SMILES string of the molecule is CCN=C1NON([N+](=O)[O-])C1(F)c1nonc1[N+](=O)[O-]. The minimum absolute atomic E-state index is 0.0298. The Hall–Kier alpha value is -2.90. The Labute approximate surface area is 108 Å². The highest BCUT2D eigenvalue weighted by Gasteiger charge is 2.64. The molecule has 2 heterocycles. The second-order valence-corrected chi connectivity index (χ2v) is 3.34. The first kappa shape index (κ1) is 13.5. The molecule has 1 fully saturated rings. The van der Waals surface area contributed by atoms with Crippen LogP contribution in [-0.4, -0.2) is 37.8 Å². The van der Waals surface area contributed by atoms with E-state index < -0.39 is 38.3 Å². The Morgan fingerprint density at radius 1 is 1.50 bits per heavy atom. The number of alkyl halides is 1. The van der Waals surface area contributed by atoms with Crippen molar-refractivity contribution >= 4 is 11.7 Å². The van der Waals surface area contributed by atoms with Crippen LogP contribution in [0.15, 0.2) is 9.62 Å². The molecule has 1 aromatic rings. The van der Waals surface area contributed by atoms with Crippen molar-refractivity contribution in [2.75, 3.05) is 6.54 Å². The zero-order valence-electron chi connectivity index (χ0n) is 9.72. The van der Waals surface area contributed by atoms with E-state index in [-0.39, 0.29) is 6.54 Å². The van der Waals surface area contributed by atoms with Gasteiger partial charge >= 0.3 is 11.6 Å². The van der Waals surface area contributed by atoms with Crippen LogP contribution < -0.4 is 5.48 Å². The minimum Gasteiger partial charge on any atom is -0.358 e. The number of halogens is 1. The van der Waals surface area contributed by atoms with Gasteiger partial charge in [0, 0.05) is 6.54 Å². The standard InChI is InChI=1S/C6H6FN7O6/c1-2-8-5-6(7,13(14(17)18)20-11-5)3-4(12(15)16)10-19-9-3/h2H2,1H3,(H,8,11). The summed E-state index contributed by atoms with van der Waals surface area (Å²) in [5, 5.41) is 25.7. The van der Waals surface area contributed by atoms with Gasteiger partial charge in [-0.25, -0.2) is 15.6 Å². The maximum atomic E-state index is 15.0. The van der Waals surface area contributed by atoms with Crippen LogP contribution in [0.4, 0.5) is 10.2 Å². The fourth-order valence-corrected chi connectivity index (χ4v) is 1.46. The third-order valence-electron chi connectivity index (χ3n) is 2.23. The smallest absolute Gasteiger partial charge is 0.358 e. The third-order valence-corrected chi connectivity index (χ3v) is 2.23. The Morgan fingerprint density at radius 3 is 2.75 bits per heavy atom. The molecule has 0 bridgehead atoms. The number of nitrogens with one attached hydrogen (secondary N) is 1. The fraction of sp³-hybridized carbons (Fsp3) is 0.500. The van der Waals surface area contributed by atoms with Crippen molar-refractivity contribution in [2.45, 2.75) is 12.7 Å². The van der Waals surface area contributed by atoms with Crippen LogP contribution in [0.3, 0.4) is 0 Å². The summed E-state index contributed by atoms with van der Waals surface area (Å²) in [7, 11) is 0. The summed E-state index contributed by atoms with van der Waals surface area (Å²) in [5.41, 5.74) is 0.802. The van der Waals surface area contributed by atoms with Crippen LogP contribution in [0.25, 0.3) is 0 Å². The second-order valence-electron chi connectivity index (χ2n) is 3.34. The highest BCUT2D eigenvalue weighted by atomic mass is 19.1. The average molecular weight is 291 g/mol. The van der Waals surface area contributed by atoms with E-state index in [0.717, 1.165) is 0 Å². The summed E-state index contributed by atoms with van der Waals surface area (Å²) in [6, 6.07) is 0. The molecule has 1 unspecified atom stereocenters. The molecule has 13 nitrogen and oxygen atoms in total. The van der Waals surface area contributed by atoms with Crippen LogP contribution in [0.2, 0.25) is 0 Å². The summed E-state index contributed by atoms with van der Waals surface area (Å²) in [4.78, 5) is 28.3. The van der Waals surface area contributed by atoms with Crippen molar-refractivity contribution < 1.29 is 23.9 Å². The molecule has 0 aromatic carbocycles. The van der Waals surface area contributed by atoms with Gasteiger partial charge in [-0.15, -0.1) is 4.63 Å². The zero-order valence-corrected chi connectivity index (χ0v) is 9.72. The second kappa shape index (κ2) is 4.65. The predicted octanol–water partition coefficient (Wildman–Crippen LogP) is -0.538. The van der Waals surface area contributed by atoms with Crippen LogP contribution in [0.5, 0.6) is 0 Å². The molecule has 1 saturated heterocycles. The summed E-state index contributed by atoms with van der Waals surface area (Å²) >= 11 is 0. The topological polar surface area (TPSA) is 162 Å². The molecule has 0 aliphatic carbocycles. The molecule has 1 aliphatic heterocycles. The van der Waals surface area contributed by atoms with Gasteiger partial charge < -0.3 is 10.1 Å². The molecular weight excluding hydrogens is 285 g/mol. The number of hydroxylamine groups is 2. The van der Waals surface area contributed by atoms with Crippen molar-refractivity contribution in [1.29, 1.82) is 0 Å². The molecular formula is C6H6FN7O6. The van der Waals surface area contributed by atoms with E-state index in [9.17, 15) is 24.6 Å². The van der Waals surface area contributed by atoms with Gasteiger partial charge in [0.25, 0.3) is 5.69 Å². The number of rotatable bonds is 4. The average Bonchev–Trinajstić information content (AvgIpc) is 2.96. The van der Waals surface area contributed by atoms with E-state index in [0.29, 0.717) is 0 Å². The number of aromatic nitrogens is 2. The molecule has 1 atom stereocenters. The van der Waals surface area contributed by atoms with Crippen LogP contribution in [0, 0.1) is 20.2 Å². The van der Waals surface area contributed by atoms with E-state index in [1.807, 2.05) is 5.48 Å². The summed E-state index contributed by atoms with van der Waals surface area (Å²) in [6.45, 7) is 1.54. The van der Waals surface area contributed by atoms with Gasteiger partial charge in [-0.1, -0.05) is 4.94 Å². The monoisotopic (exact) mass is 291 g/mol. The van der Waals surface area contributed by atoms with Gasteiger partial charge in [-0.3, -0.25) is 4.99 Å². The van der Waals surface area contributed by atoms with Gasteiger partial charge in [-0.2, -0.15) is 4.39 Å². The number of amidine groups is 1. The van der Waals surface area contributed by atoms with Gasteiger partial charge in [0.2, 0.25) is 0 Å². The molecule has 1 aromatic heterocycles. The molecule has 0 spiro atoms. The van der Waals surface area contributed by atoms with E-state index in [1.165, 1.54) is 6.92 Å². The van der Waals surface area contributed by atoms with Crippen molar-refractivity contribution in [3.05, 3.63) is 25.9 Å². The maximum Gasteiger partial charge on any atom is 0.444 e. The Balaban J connectivity index is 2.61. The Bertz CT molecular complexity index is 588. The fourth-order valence-electron chi connectivity index (χ4n) is 1.46. The van der Waals surface area contributed by atoms with E-state index in [1.54, 1.807) is 0 Å². The molecule has 2 rings (SSSR count). The first-order chi connectivity index (χ1) is 9.42. The predicted molar refractivity (Wildman–Crippen MR) is 54.8 cm³/mol. The number of hydrogen-bond acceptors (Lipinski definition) is 9. The molecule has 1 N–H and O–H groups in total. The van der Waals surface area contributed by atoms with E-state index in [2.05, 4.69) is 24.9 Å². The third kappa shape index (κ3) is 1.78. The van der Waals surface area contributed by atoms with Crippen LogP contribution in [0.1, 0.15) is 12.6 Å². The van der Waals surface area contributed by atoms with Gasteiger partial charge in [-0.05, 0) is 17.0 Å². The molecule has 1 aliphatic rings. The lowest BCUT2D eigenvalue weighted by atomic mass is 10.1. The normalized spacial score (nSPS) is 23.9. The minimum atomic E-state index is -3.26. The van der Waals surface area contributed by atoms with Gasteiger partial charge in [0.05, 0.1) is 5.17 Å². The van der Waals surface area contributed by atoms with E-state index >= 15 is 0 Å². The lowest BCUT2D eigenvalue weighted by Gasteiger charge is -2.15. The zero-order chi connectivity index (χ0) is 14.9. The molecule has 0 radical (unpaired) electrons. The number of nitro groups is 2. The first-order valence-electron chi connectivity index (χ1n) is 5.01. The largest absolute Gasteiger partial charge is 0.444 e. The highest BCUT2D eigenvalue weighted by molar-refractivity contribution is 5.91. The lowest BCUT2D eigenvalue weighted by Crippen LogP contribution is -2.45. The summed E-state index contributed by atoms with van der Waals surface area (Å²) < 4.78 is 19.0. The van der Waals surface area contributed by atoms with Crippen molar-refractivity contribution in [3.8, 4) is 0 Å². The van der Waals surface area contributed by atoms with Gasteiger partial charge in [0.1, 0.15) is 0 Å². The molecule has 14 heteroatoms. The number of hydrazine groups is 1. The number of hydrogen-bond donors (Lipinski definition) is 1. The summed E-state index contributed by atoms with van der Waals surface area (Å²) in [6.07, 6.45) is 0. The number of aliphatic imine (C=N–C) groups is 1. The molecule has 20 heavy (non-hydrogen) atoms.